The third kappa shape index (κ3) is 5.95. The minimum Gasteiger partial charge on any atom is -0.251 e. The third-order valence-electron chi connectivity index (χ3n) is 4.88. The van der Waals surface area contributed by atoms with Crippen molar-refractivity contribution in [2.45, 2.75) is 26.2 Å². The second-order valence-electron chi connectivity index (χ2n) is 7.35. The zero-order valence-electron chi connectivity index (χ0n) is 16.9. The molecule has 1 heterocycles. The lowest BCUT2D eigenvalue weighted by Crippen LogP contribution is -1.94. The number of hydrogen-bond acceptors (Lipinski definition) is 2. The molecule has 0 saturated heterocycles. The molecule has 2 aromatic carbocycles. The molecule has 3 aromatic rings. The van der Waals surface area contributed by atoms with Gasteiger partial charge in [-0.3, -0.25) is 4.39 Å². The van der Waals surface area contributed by atoms with Crippen LogP contribution < -0.4 is 0 Å². The maximum atomic E-state index is 12.5. The van der Waals surface area contributed by atoms with Crippen LogP contribution in [0.1, 0.15) is 30.9 Å². The Labute approximate surface area is 172 Å². The van der Waals surface area contributed by atoms with E-state index in [-0.39, 0.29) is 12.6 Å². The van der Waals surface area contributed by atoms with Crippen LogP contribution in [0.4, 0.5) is 4.39 Å². The summed E-state index contributed by atoms with van der Waals surface area (Å²) in [6.45, 7) is 5.45. The summed E-state index contributed by atoms with van der Waals surface area (Å²) in [5.74, 6) is 0.826. The Hall–Kier alpha value is -3.07. The zero-order valence-corrected chi connectivity index (χ0v) is 16.9. The lowest BCUT2D eigenvalue weighted by atomic mass is 10.0. The fourth-order valence-electron chi connectivity index (χ4n) is 3.06. The van der Waals surface area contributed by atoms with E-state index in [9.17, 15) is 4.39 Å². The fraction of sp³-hybridized carbons (Fsp3) is 0.231. The normalized spacial score (nSPS) is 12.2. The second kappa shape index (κ2) is 10.5. The molecular weight excluding hydrogens is 359 g/mol. The van der Waals surface area contributed by atoms with E-state index in [2.05, 4.69) is 71.2 Å². The molecule has 1 aromatic heterocycles. The van der Waals surface area contributed by atoms with E-state index in [1.807, 2.05) is 31.5 Å². The molecule has 0 radical (unpaired) electrons. The van der Waals surface area contributed by atoms with E-state index in [0.717, 1.165) is 30.4 Å². The van der Waals surface area contributed by atoms with Crippen LogP contribution in [-0.4, -0.2) is 16.6 Å². The molecule has 0 bridgehead atoms. The van der Waals surface area contributed by atoms with Crippen LogP contribution in [0.3, 0.4) is 0 Å². The summed E-state index contributed by atoms with van der Waals surface area (Å²) in [6, 6.07) is 16.9. The first-order valence-corrected chi connectivity index (χ1v) is 10.0. The monoisotopic (exact) mass is 386 g/mol. The van der Waals surface area contributed by atoms with Gasteiger partial charge in [0, 0.05) is 23.5 Å². The number of nitrogens with zero attached hydrogens (tertiary/aromatic N) is 2. The molecule has 0 aliphatic rings. The van der Waals surface area contributed by atoms with E-state index >= 15 is 0 Å². The van der Waals surface area contributed by atoms with Crippen LogP contribution in [-0.2, 0) is 6.42 Å². The van der Waals surface area contributed by atoms with Crippen LogP contribution in [0.5, 0.6) is 0 Å². The molecule has 0 N–H and O–H groups in total. The van der Waals surface area contributed by atoms with Gasteiger partial charge in [-0.1, -0.05) is 73.7 Å². The zero-order chi connectivity index (χ0) is 20.5. The summed E-state index contributed by atoms with van der Waals surface area (Å²) in [5, 5.41) is 0. The van der Waals surface area contributed by atoms with Crippen molar-refractivity contribution in [2.24, 2.45) is 5.92 Å². The smallest absolute Gasteiger partial charge is 0.159 e. The van der Waals surface area contributed by atoms with Crippen molar-refractivity contribution in [3.63, 3.8) is 0 Å². The number of aromatic nitrogens is 2. The van der Waals surface area contributed by atoms with Crippen molar-refractivity contribution in [3.05, 3.63) is 90.8 Å². The van der Waals surface area contributed by atoms with Crippen LogP contribution in [0.2, 0.25) is 0 Å². The Bertz CT molecular complexity index is 926. The highest BCUT2D eigenvalue weighted by Gasteiger charge is 2.03. The number of rotatable bonds is 9. The van der Waals surface area contributed by atoms with Gasteiger partial charge >= 0.3 is 0 Å². The molecule has 1 atom stereocenters. The van der Waals surface area contributed by atoms with Crippen LogP contribution in [0, 0.1) is 5.92 Å². The summed E-state index contributed by atoms with van der Waals surface area (Å²) in [4.78, 5) is 8.96. The Morgan fingerprint density at radius 2 is 1.52 bits per heavy atom. The minimum absolute atomic E-state index is 0.117. The van der Waals surface area contributed by atoms with Crippen LogP contribution >= 0.6 is 0 Å². The Kier molecular flexibility index (Phi) is 7.46. The molecule has 0 spiro atoms. The minimum atomic E-state index is -0.259. The molecular formula is C26H27FN2. The number of hydrogen-bond donors (Lipinski definition) is 0. The molecule has 2 nitrogen and oxygen atoms in total. The van der Waals surface area contributed by atoms with Crippen molar-refractivity contribution < 1.29 is 4.39 Å². The molecule has 29 heavy (non-hydrogen) atoms. The lowest BCUT2D eigenvalue weighted by Gasteiger charge is -2.05. The summed E-state index contributed by atoms with van der Waals surface area (Å²) >= 11 is 0. The number of alkyl halides is 1. The largest absolute Gasteiger partial charge is 0.251 e. The van der Waals surface area contributed by atoms with Gasteiger partial charge in [-0.2, -0.15) is 0 Å². The van der Waals surface area contributed by atoms with Crippen molar-refractivity contribution in [1.82, 2.24) is 9.97 Å². The summed E-state index contributed by atoms with van der Waals surface area (Å²) < 4.78 is 12.5. The Morgan fingerprint density at radius 3 is 2.10 bits per heavy atom. The van der Waals surface area contributed by atoms with Gasteiger partial charge in [0.15, 0.2) is 5.82 Å². The Balaban J connectivity index is 1.63. The predicted molar refractivity (Wildman–Crippen MR) is 120 cm³/mol. The van der Waals surface area contributed by atoms with Gasteiger partial charge in [0.2, 0.25) is 0 Å². The number of benzene rings is 2. The molecule has 0 saturated carbocycles. The highest BCUT2D eigenvalue weighted by Crippen LogP contribution is 2.23. The molecule has 0 amide bonds. The van der Waals surface area contributed by atoms with Crippen molar-refractivity contribution >= 4 is 6.08 Å². The number of allylic oxidation sites excluding steroid dienone is 2. The maximum absolute atomic E-state index is 12.5. The molecule has 1 unspecified atom stereocenters. The predicted octanol–water partition coefficient (Wildman–Crippen LogP) is 6.94. The van der Waals surface area contributed by atoms with E-state index in [1.165, 1.54) is 16.7 Å². The average Bonchev–Trinajstić information content (AvgIpc) is 2.78. The summed E-state index contributed by atoms with van der Waals surface area (Å²) in [5.41, 5.74) is 5.57. The maximum Gasteiger partial charge on any atom is 0.159 e. The van der Waals surface area contributed by atoms with E-state index in [1.54, 1.807) is 0 Å². The third-order valence-corrected chi connectivity index (χ3v) is 4.88. The van der Waals surface area contributed by atoms with E-state index < -0.39 is 0 Å². The van der Waals surface area contributed by atoms with Gasteiger partial charge in [-0.15, -0.1) is 6.58 Å². The average molecular weight is 387 g/mol. The molecule has 0 fully saturated rings. The quantitative estimate of drug-likeness (QED) is 0.372. The topological polar surface area (TPSA) is 25.8 Å². The first-order valence-electron chi connectivity index (χ1n) is 10.0. The second-order valence-corrected chi connectivity index (χ2v) is 7.35. The van der Waals surface area contributed by atoms with Gasteiger partial charge < -0.3 is 0 Å². The van der Waals surface area contributed by atoms with Gasteiger partial charge in [0.05, 0.1) is 6.67 Å². The lowest BCUT2D eigenvalue weighted by molar-refractivity contribution is 0.368. The van der Waals surface area contributed by atoms with Crippen LogP contribution in [0.15, 0.2) is 79.7 Å². The SMILES string of the molecule is C=CCc1ccc(-c2ccc(-c3ncc(C=CCCC(C)CF)cn3)cc2)cc1. The van der Waals surface area contributed by atoms with Gasteiger partial charge in [-0.05, 0) is 41.9 Å². The van der Waals surface area contributed by atoms with Gasteiger partial charge in [0.25, 0.3) is 0 Å². The highest BCUT2D eigenvalue weighted by atomic mass is 19.1. The highest BCUT2D eigenvalue weighted by molar-refractivity contribution is 5.68. The standard InChI is InChI=1S/C26H27FN2/c1-3-6-21-9-11-23(12-10-21)24-13-15-25(16-14-24)26-28-18-22(19-29-26)8-5-4-7-20(2)17-27/h3,5,8-16,18-20H,1,4,6-7,17H2,2H3. The first kappa shape index (κ1) is 20.7. The van der Waals surface area contributed by atoms with Crippen molar-refractivity contribution in [2.75, 3.05) is 6.67 Å². The van der Waals surface area contributed by atoms with Gasteiger partial charge in [-0.25, -0.2) is 9.97 Å². The van der Waals surface area contributed by atoms with Gasteiger partial charge in [0.1, 0.15) is 0 Å². The molecule has 0 aliphatic carbocycles. The molecule has 3 rings (SSSR count). The van der Waals surface area contributed by atoms with E-state index in [4.69, 9.17) is 0 Å². The molecule has 3 heteroatoms. The van der Waals surface area contributed by atoms with Crippen LogP contribution in [0.25, 0.3) is 28.6 Å². The Morgan fingerprint density at radius 1 is 0.931 bits per heavy atom. The van der Waals surface area contributed by atoms with Crippen molar-refractivity contribution in [1.29, 1.82) is 0 Å². The molecule has 148 valence electrons. The number of halogens is 1. The fourth-order valence-corrected chi connectivity index (χ4v) is 3.06. The summed E-state index contributed by atoms with van der Waals surface area (Å²) in [6.07, 6.45) is 12.2. The van der Waals surface area contributed by atoms with E-state index in [0.29, 0.717) is 5.82 Å². The first-order chi connectivity index (χ1) is 14.2. The van der Waals surface area contributed by atoms with Crippen molar-refractivity contribution in [3.8, 4) is 22.5 Å². The summed E-state index contributed by atoms with van der Waals surface area (Å²) in [7, 11) is 0. The molecule has 0 aliphatic heterocycles.